The molecule has 0 fully saturated rings. The molecule has 2 N–H and O–H groups in total. The number of anilines is 1. The molecule has 2 aromatic heterocycles. The van der Waals surface area contributed by atoms with Crippen LogP contribution in [0.3, 0.4) is 0 Å². The number of benzene rings is 1. The van der Waals surface area contributed by atoms with E-state index in [0.717, 1.165) is 0 Å². The van der Waals surface area contributed by atoms with Gasteiger partial charge in [-0.25, -0.2) is 9.07 Å². The summed E-state index contributed by atoms with van der Waals surface area (Å²) in [5, 5.41) is 17.9. The van der Waals surface area contributed by atoms with Gasteiger partial charge in [0.05, 0.1) is 0 Å². The van der Waals surface area contributed by atoms with Crippen molar-refractivity contribution in [3.8, 4) is 5.82 Å². The quantitative estimate of drug-likeness (QED) is 0.670. The Morgan fingerprint density at radius 1 is 1.20 bits per heavy atom. The van der Waals surface area contributed by atoms with Crippen molar-refractivity contribution in [2.24, 2.45) is 0 Å². The minimum Gasteiger partial charge on any atom is -0.367 e. The van der Waals surface area contributed by atoms with Gasteiger partial charge in [-0.3, -0.25) is 4.79 Å². The summed E-state index contributed by atoms with van der Waals surface area (Å²) in [6.07, 6.45) is 3.44. The van der Waals surface area contributed by atoms with Crippen LogP contribution in [0.1, 0.15) is 15.9 Å². The molecule has 3 rings (SSSR count). The van der Waals surface area contributed by atoms with Gasteiger partial charge in [-0.15, -0.1) is 10.2 Å². The Hall–Kier alpha value is -3.29. The van der Waals surface area contributed by atoms with Gasteiger partial charge in [0, 0.05) is 31.0 Å². The summed E-state index contributed by atoms with van der Waals surface area (Å²) in [7, 11) is 0. The Labute approximate surface area is 143 Å². The van der Waals surface area contributed by atoms with Crippen molar-refractivity contribution in [1.82, 2.24) is 25.3 Å². The average molecular weight is 340 g/mol. The Morgan fingerprint density at radius 3 is 2.76 bits per heavy atom. The number of amides is 1. The molecule has 0 spiro atoms. The van der Waals surface area contributed by atoms with Gasteiger partial charge in [0.2, 0.25) is 0 Å². The first-order chi connectivity index (χ1) is 12.1. The molecule has 25 heavy (non-hydrogen) atoms. The number of halogens is 1. The van der Waals surface area contributed by atoms with Gasteiger partial charge in [-0.05, 0) is 42.8 Å². The van der Waals surface area contributed by atoms with Gasteiger partial charge < -0.3 is 10.6 Å². The van der Waals surface area contributed by atoms with Gasteiger partial charge in [0.1, 0.15) is 11.6 Å². The minimum atomic E-state index is -0.390. The van der Waals surface area contributed by atoms with Gasteiger partial charge in [-0.2, -0.15) is 5.10 Å². The number of rotatable bonds is 6. The molecule has 0 aliphatic rings. The summed E-state index contributed by atoms with van der Waals surface area (Å²) >= 11 is 0. The standard InChI is InChI=1S/C17H17FN6O/c1-12-3-4-13(11-14(12)18)17(25)20-9-8-19-15-5-6-16(23-22-15)24-10-2-7-21-24/h2-7,10-11H,8-9H2,1H3,(H,19,22)(H,20,25). The number of aryl methyl sites for hydroxylation is 1. The monoisotopic (exact) mass is 340 g/mol. The van der Waals surface area contributed by atoms with Crippen LogP contribution in [0.4, 0.5) is 10.2 Å². The Bertz CT molecular complexity index is 848. The Kier molecular flexibility index (Phi) is 4.98. The highest BCUT2D eigenvalue weighted by atomic mass is 19.1. The zero-order chi connectivity index (χ0) is 17.6. The molecule has 8 heteroatoms. The second kappa shape index (κ2) is 7.52. The number of nitrogens with zero attached hydrogens (tertiary/aromatic N) is 4. The van der Waals surface area contributed by atoms with E-state index in [0.29, 0.717) is 35.9 Å². The van der Waals surface area contributed by atoms with E-state index in [1.54, 1.807) is 54.3 Å². The highest BCUT2D eigenvalue weighted by Gasteiger charge is 2.07. The van der Waals surface area contributed by atoms with E-state index >= 15 is 0 Å². The molecule has 0 aliphatic heterocycles. The summed E-state index contributed by atoms with van der Waals surface area (Å²) in [5.74, 6) is 0.496. The molecule has 0 atom stereocenters. The summed E-state index contributed by atoms with van der Waals surface area (Å²) < 4.78 is 15.1. The van der Waals surface area contributed by atoms with Crippen molar-refractivity contribution >= 4 is 11.7 Å². The second-order valence-electron chi connectivity index (χ2n) is 5.37. The van der Waals surface area contributed by atoms with Crippen molar-refractivity contribution in [3.05, 3.63) is 65.7 Å². The zero-order valence-corrected chi connectivity index (χ0v) is 13.6. The summed E-state index contributed by atoms with van der Waals surface area (Å²) in [4.78, 5) is 12.0. The van der Waals surface area contributed by atoms with E-state index in [4.69, 9.17) is 0 Å². The van der Waals surface area contributed by atoms with E-state index in [-0.39, 0.29) is 5.91 Å². The van der Waals surface area contributed by atoms with E-state index in [2.05, 4.69) is 25.9 Å². The molecule has 0 saturated carbocycles. The molecule has 0 saturated heterocycles. The molecule has 1 amide bonds. The molecular weight excluding hydrogens is 323 g/mol. The van der Waals surface area contributed by atoms with Crippen LogP contribution < -0.4 is 10.6 Å². The van der Waals surface area contributed by atoms with Gasteiger partial charge in [0.15, 0.2) is 5.82 Å². The first kappa shape index (κ1) is 16.6. The Morgan fingerprint density at radius 2 is 2.08 bits per heavy atom. The number of aromatic nitrogens is 4. The van der Waals surface area contributed by atoms with Crippen LogP contribution in [0.5, 0.6) is 0 Å². The molecule has 0 radical (unpaired) electrons. The molecule has 0 unspecified atom stereocenters. The van der Waals surface area contributed by atoms with Gasteiger partial charge in [0.25, 0.3) is 5.91 Å². The average Bonchev–Trinajstić information content (AvgIpc) is 3.16. The highest BCUT2D eigenvalue weighted by molar-refractivity contribution is 5.94. The van der Waals surface area contributed by atoms with Crippen LogP contribution in [0.15, 0.2) is 48.8 Å². The Balaban J connectivity index is 1.46. The number of carbonyl (C=O) groups excluding carboxylic acids is 1. The summed E-state index contributed by atoms with van der Waals surface area (Å²) in [6.45, 7) is 2.49. The largest absolute Gasteiger partial charge is 0.367 e. The van der Waals surface area contributed by atoms with Gasteiger partial charge in [-0.1, -0.05) is 6.07 Å². The maximum atomic E-state index is 13.5. The van der Waals surface area contributed by atoms with Crippen LogP contribution in [0.25, 0.3) is 5.82 Å². The van der Waals surface area contributed by atoms with E-state index in [1.807, 2.05) is 0 Å². The molecule has 0 bridgehead atoms. The van der Waals surface area contributed by atoms with Crippen LogP contribution in [-0.4, -0.2) is 39.0 Å². The number of hydrogen-bond acceptors (Lipinski definition) is 5. The molecular formula is C17H17FN6O. The molecule has 2 heterocycles. The van der Waals surface area contributed by atoms with Crippen molar-refractivity contribution in [2.75, 3.05) is 18.4 Å². The van der Waals surface area contributed by atoms with Crippen molar-refractivity contribution < 1.29 is 9.18 Å². The first-order valence-electron chi connectivity index (χ1n) is 7.75. The van der Waals surface area contributed by atoms with Crippen LogP contribution >= 0.6 is 0 Å². The predicted octanol–water partition coefficient (Wildman–Crippen LogP) is 1.95. The van der Waals surface area contributed by atoms with E-state index < -0.39 is 5.82 Å². The van der Waals surface area contributed by atoms with Crippen LogP contribution in [-0.2, 0) is 0 Å². The lowest BCUT2D eigenvalue weighted by Crippen LogP contribution is -2.29. The van der Waals surface area contributed by atoms with E-state index in [1.165, 1.54) is 6.07 Å². The maximum absolute atomic E-state index is 13.5. The zero-order valence-electron chi connectivity index (χ0n) is 13.6. The molecule has 0 aliphatic carbocycles. The third-order valence-electron chi connectivity index (χ3n) is 3.54. The fourth-order valence-corrected chi connectivity index (χ4v) is 2.15. The predicted molar refractivity (Wildman–Crippen MR) is 91.1 cm³/mol. The second-order valence-corrected chi connectivity index (χ2v) is 5.37. The normalized spacial score (nSPS) is 10.5. The SMILES string of the molecule is Cc1ccc(C(=O)NCCNc2ccc(-n3cccn3)nn2)cc1F. The number of carbonyl (C=O) groups is 1. The van der Waals surface area contributed by atoms with Crippen LogP contribution in [0.2, 0.25) is 0 Å². The third kappa shape index (κ3) is 4.17. The first-order valence-corrected chi connectivity index (χ1v) is 7.75. The minimum absolute atomic E-state index is 0.298. The molecule has 3 aromatic rings. The van der Waals surface area contributed by atoms with Crippen LogP contribution in [0, 0.1) is 12.7 Å². The molecule has 7 nitrogen and oxygen atoms in total. The van der Waals surface area contributed by atoms with Crippen molar-refractivity contribution in [3.63, 3.8) is 0 Å². The topological polar surface area (TPSA) is 84.7 Å². The smallest absolute Gasteiger partial charge is 0.251 e. The maximum Gasteiger partial charge on any atom is 0.251 e. The van der Waals surface area contributed by atoms with Crippen molar-refractivity contribution in [1.29, 1.82) is 0 Å². The lowest BCUT2D eigenvalue weighted by atomic mass is 10.1. The van der Waals surface area contributed by atoms with E-state index in [9.17, 15) is 9.18 Å². The fourth-order valence-electron chi connectivity index (χ4n) is 2.15. The number of hydrogen-bond donors (Lipinski definition) is 2. The fraction of sp³-hybridized carbons (Fsp3) is 0.176. The summed E-state index contributed by atoms with van der Waals surface area (Å²) in [5.41, 5.74) is 0.807. The lowest BCUT2D eigenvalue weighted by molar-refractivity contribution is 0.0954. The molecule has 1 aromatic carbocycles. The number of nitrogens with one attached hydrogen (secondary N) is 2. The van der Waals surface area contributed by atoms with Crippen molar-refractivity contribution in [2.45, 2.75) is 6.92 Å². The summed E-state index contributed by atoms with van der Waals surface area (Å²) in [6, 6.07) is 9.78. The highest BCUT2D eigenvalue weighted by Crippen LogP contribution is 2.09. The third-order valence-corrected chi connectivity index (χ3v) is 3.54. The lowest BCUT2D eigenvalue weighted by Gasteiger charge is -2.08. The van der Waals surface area contributed by atoms with Gasteiger partial charge >= 0.3 is 0 Å². The molecule has 128 valence electrons.